The lowest BCUT2D eigenvalue weighted by atomic mass is 9.43. The predicted molar refractivity (Wildman–Crippen MR) is 102 cm³/mol. The Morgan fingerprint density at radius 2 is 2.23 bits per heavy atom. The van der Waals surface area contributed by atoms with Crippen molar-refractivity contribution in [1.82, 2.24) is 0 Å². The average Bonchev–Trinajstić information content (AvgIpc) is 3.31. The highest BCUT2D eigenvalue weighted by Crippen LogP contribution is 2.69. The van der Waals surface area contributed by atoms with Crippen LogP contribution >= 0.6 is 22.6 Å². The topological polar surface area (TPSA) is 68.9 Å². The van der Waals surface area contributed by atoms with E-state index in [-0.39, 0.29) is 35.4 Å². The van der Waals surface area contributed by atoms with Crippen LogP contribution in [0, 0.1) is 28.6 Å². The summed E-state index contributed by atoms with van der Waals surface area (Å²) in [5, 5.41) is 11.2. The molecular weight excluding hydrogens is 447 g/mol. The number of carbonyl (C=O) groups excluding carboxylic acids is 1. The first-order valence-electron chi connectivity index (χ1n) is 9.63. The fraction of sp³-hybridized carbons (Fsp3) is 0.750. The SMILES string of the molecule is C[C@@H]1C[C@H](O)[C@]23CO[C@H](CC[C@@H]2[C@]12C[C@@H](c1ccoc1)OC2=O)[C@@H]3CI. The van der Waals surface area contributed by atoms with Crippen molar-refractivity contribution >= 4 is 28.6 Å². The second-order valence-electron chi connectivity index (χ2n) is 8.70. The van der Waals surface area contributed by atoms with Gasteiger partial charge in [-0.3, -0.25) is 4.79 Å². The van der Waals surface area contributed by atoms with Gasteiger partial charge in [-0.25, -0.2) is 0 Å². The van der Waals surface area contributed by atoms with E-state index in [0.717, 1.165) is 22.8 Å². The summed E-state index contributed by atoms with van der Waals surface area (Å²) in [4.78, 5) is 13.3. The van der Waals surface area contributed by atoms with Crippen molar-refractivity contribution in [3.63, 3.8) is 0 Å². The van der Waals surface area contributed by atoms with Crippen molar-refractivity contribution in [2.45, 2.75) is 50.9 Å². The zero-order chi connectivity index (χ0) is 18.1. The molecule has 0 unspecified atom stereocenters. The van der Waals surface area contributed by atoms with Gasteiger partial charge >= 0.3 is 5.97 Å². The summed E-state index contributed by atoms with van der Waals surface area (Å²) in [6.07, 6.45) is 6.14. The Balaban J connectivity index is 1.59. The fourth-order valence-electron chi connectivity index (χ4n) is 6.73. The predicted octanol–water partition coefficient (Wildman–Crippen LogP) is 3.50. The normalized spacial score (nSPS) is 50.0. The highest BCUT2D eigenvalue weighted by molar-refractivity contribution is 14.1. The molecule has 2 bridgehead atoms. The average molecular weight is 472 g/mol. The molecule has 3 heterocycles. The monoisotopic (exact) mass is 472 g/mol. The minimum absolute atomic E-state index is 0.0787. The molecule has 6 heteroatoms. The number of cyclic esters (lactones) is 1. The number of fused-ring (bicyclic) bond motifs is 2. The number of alkyl halides is 1. The van der Waals surface area contributed by atoms with Crippen molar-refractivity contribution in [3.05, 3.63) is 24.2 Å². The summed E-state index contributed by atoms with van der Waals surface area (Å²) in [6, 6.07) is 1.89. The Bertz CT molecular complexity index is 705. The van der Waals surface area contributed by atoms with E-state index in [0.29, 0.717) is 25.4 Å². The molecule has 0 radical (unpaired) electrons. The third kappa shape index (κ3) is 2.01. The van der Waals surface area contributed by atoms with E-state index in [4.69, 9.17) is 13.9 Å². The molecule has 4 fully saturated rings. The molecule has 1 aromatic heterocycles. The number of rotatable bonds is 2. The number of esters is 1. The van der Waals surface area contributed by atoms with Gasteiger partial charge in [0.15, 0.2) is 0 Å². The first-order chi connectivity index (χ1) is 12.5. The van der Waals surface area contributed by atoms with Gasteiger partial charge in [-0.1, -0.05) is 29.5 Å². The van der Waals surface area contributed by atoms with E-state index in [1.165, 1.54) is 0 Å². The van der Waals surface area contributed by atoms with Crippen LogP contribution in [-0.4, -0.2) is 34.3 Å². The van der Waals surface area contributed by atoms with Gasteiger partial charge in [0.1, 0.15) is 6.10 Å². The Morgan fingerprint density at radius 1 is 1.38 bits per heavy atom. The van der Waals surface area contributed by atoms with E-state index in [1.807, 2.05) is 6.07 Å². The number of furan rings is 1. The lowest BCUT2D eigenvalue weighted by molar-refractivity contribution is -0.186. The lowest BCUT2D eigenvalue weighted by Crippen LogP contribution is -2.63. The minimum Gasteiger partial charge on any atom is -0.472 e. The summed E-state index contributed by atoms with van der Waals surface area (Å²) in [5.74, 6) is 0.466. The molecule has 1 N–H and O–H groups in total. The first-order valence-corrected chi connectivity index (χ1v) is 11.2. The standard InChI is InChI=1S/C20H25IO5/c1-11-6-17(22)20-10-25-14(13(20)8-21)2-3-16(20)19(11)7-15(26-18(19)23)12-4-5-24-9-12/h4-5,9,11,13-17,22H,2-3,6-8,10H2,1H3/t11-,13+,14-,15+,16-,17+,19+,20+/m1/s1. The molecule has 142 valence electrons. The molecule has 2 spiro atoms. The van der Waals surface area contributed by atoms with Crippen molar-refractivity contribution in [2.75, 3.05) is 11.0 Å². The lowest BCUT2D eigenvalue weighted by Gasteiger charge is -2.59. The van der Waals surface area contributed by atoms with Gasteiger partial charge in [0, 0.05) is 27.7 Å². The van der Waals surface area contributed by atoms with Gasteiger partial charge in [0.25, 0.3) is 0 Å². The van der Waals surface area contributed by atoms with Crippen molar-refractivity contribution < 1.29 is 23.8 Å². The smallest absolute Gasteiger partial charge is 0.313 e. The van der Waals surface area contributed by atoms with Crippen LogP contribution in [0.4, 0.5) is 0 Å². The number of aliphatic hydroxyl groups is 1. The van der Waals surface area contributed by atoms with E-state index in [2.05, 4.69) is 29.5 Å². The maximum absolute atomic E-state index is 13.3. The van der Waals surface area contributed by atoms with Gasteiger partial charge in [0.05, 0.1) is 36.8 Å². The van der Waals surface area contributed by atoms with Gasteiger partial charge < -0.3 is 19.0 Å². The maximum atomic E-state index is 13.3. The zero-order valence-corrected chi connectivity index (χ0v) is 17.1. The second kappa shape index (κ2) is 5.95. The molecule has 2 saturated heterocycles. The molecular formula is C20H25IO5. The summed E-state index contributed by atoms with van der Waals surface area (Å²) < 4.78 is 18.2. The minimum atomic E-state index is -0.524. The van der Waals surface area contributed by atoms with Gasteiger partial charge in [-0.15, -0.1) is 0 Å². The van der Waals surface area contributed by atoms with E-state index in [9.17, 15) is 9.90 Å². The van der Waals surface area contributed by atoms with Crippen LogP contribution in [0.3, 0.4) is 0 Å². The highest BCUT2D eigenvalue weighted by atomic mass is 127. The largest absolute Gasteiger partial charge is 0.472 e. The second-order valence-corrected chi connectivity index (χ2v) is 9.58. The van der Waals surface area contributed by atoms with Gasteiger partial charge in [-0.05, 0) is 37.2 Å². The van der Waals surface area contributed by atoms with Crippen LogP contribution in [-0.2, 0) is 14.3 Å². The number of hydrogen-bond acceptors (Lipinski definition) is 5. The molecule has 8 atom stereocenters. The summed E-state index contributed by atoms with van der Waals surface area (Å²) in [6.45, 7) is 2.70. The van der Waals surface area contributed by atoms with Crippen molar-refractivity contribution in [1.29, 1.82) is 0 Å². The Morgan fingerprint density at radius 3 is 2.96 bits per heavy atom. The number of hydrogen-bond donors (Lipinski definition) is 1. The number of ether oxygens (including phenoxy) is 2. The molecule has 26 heavy (non-hydrogen) atoms. The number of aliphatic hydroxyl groups excluding tert-OH is 1. The summed E-state index contributed by atoms with van der Waals surface area (Å²) >= 11 is 2.43. The molecule has 2 saturated carbocycles. The molecule has 5 rings (SSSR count). The molecule has 2 aliphatic carbocycles. The third-order valence-corrected chi connectivity index (χ3v) is 8.96. The quantitative estimate of drug-likeness (QED) is 0.406. The third-order valence-electron chi connectivity index (χ3n) is 8.01. The molecule has 4 aliphatic rings. The first kappa shape index (κ1) is 17.5. The van der Waals surface area contributed by atoms with E-state index < -0.39 is 11.5 Å². The van der Waals surface area contributed by atoms with E-state index in [1.54, 1.807) is 12.5 Å². The zero-order valence-electron chi connectivity index (χ0n) is 14.9. The molecule has 0 amide bonds. The van der Waals surface area contributed by atoms with Crippen molar-refractivity contribution in [3.8, 4) is 0 Å². The van der Waals surface area contributed by atoms with E-state index >= 15 is 0 Å². The Kier molecular flexibility index (Phi) is 4.00. The Labute approximate surface area is 166 Å². The van der Waals surface area contributed by atoms with Gasteiger partial charge in [0.2, 0.25) is 0 Å². The van der Waals surface area contributed by atoms with Crippen LogP contribution in [0.5, 0.6) is 0 Å². The molecule has 0 aromatic carbocycles. The summed E-state index contributed by atoms with van der Waals surface area (Å²) in [5.41, 5.74) is 0.106. The molecule has 2 aliphatic heterocycles. The number of carbonyl (C=O) groups is 1. The van der Waals surface area contributed by atoms with Crippen LogP contribution in [0.2, 0.25) is 0 Å². The van der Waals surface area contributed by atoms with Crippen molar-refractivity contribution in [2.24, 2.45) is 28.6 Å². The molecule has 1 aromatic rings. The number of halogens is 1. The van der Waals surface area contributed by atoms with Crippen LogP contribution in [0.15, 0.2) is 23.0 Å². The fourth-order valence-corrected chi connectivity index (χ4v) is 8.12. The van der Waals surface area contributed by atoms with Crippen LogP contribution < -0.4 is 0 Å². The Hall–Kier alpha value is -0.600. The maximum Gasteiger partial charge on any atom is 0.313 e. The van der Waals surface area contributed by atoms with Crippen LogP contribution in [0.25, 0.3) is 0 Å². The van der Waals surface area contributed by atoms with Gasteiger partial charge in [-0.2, -0.15) is 0 Å². The van der Waals surface area contributed by atoms with Crippen LogP contribution in [0.1, 0.15) is 44.3 Å². The molecule has 5 nitrogen and oxygen atoms in total. The summed E-state index contributed by atoms with van der Waals surface area (Å²) in [7, 11) is 0. The highest BCUT2D eigenvalue weighted by Gasteiger charge is 2.72.